The normalized spacial score (nSPS) is 31.2. The second kappa shape index (κ2) is 16.1. The summed E-state index contributed by atoms with van der Waals surface area (Å²) in [4.78, 5) is 45.9. The molecule has 3 fully saturated rings. The van der Waals surface area contributed by atoms with Crippen molar-refractivity contribution in [1.82, 2.24) is 4.90 Å². The molecule has 0 bridgehead atoms. The van der Waals surface area contributed by atoms with Crippen LogP contribution < -0.4 is 20.1 Å². The number of methoxy groups -OCH3 is 1. The maximum absolute atomic E-state index is 15.3. The van der Waals surface area contributed by atoms with Crippen LogP contribution in [-0.4, -0.2) is 119 Å². The summed E-state index contributed by atoms with van der Waals surface area (Å²) in [5.41, 5.74) is 0.683. The first-order valence-electron chi connectivity index (χ1n) is 19.2. The SMILES string of the molecule is COc1ccc([Si](C)(C)[C@@H]2[C@@H](CC(=O)N3CCC[C@H]3CO)O[C@]3(C(=O)N(Cc4cccc(NC(=O)[C@H]5O[C@@H](O)[C@H](O)[C@@H](O)[C@@H]5O)c4)c4ccc(Br)cc43)[C@H]2C)cc1. The molecule has 1 spiro atoms. The monoisotopic (exact) mass is 867 g/mol. The van der Waals surface area contributed by atoms with Crippen molar-refractivity contribution in [3.8, 4) is 5.75 Å². The molecule has 57 heavy (non-hydrogen) atoms. The number of likely N-dealkylation sites (tertiary alicyclic amines) is 1. The molecule has 3 aromatic rings. The van der Waals surface area contributed by atoms with Gasteiger partial charge >= 0.3 is 0 Å². The van der Waals surface area contributed by atoms with Crippen LogP contribution in [0.3, 0.4) is 0 Å². The lowest BCUT2D eigenvalue weighted by Crippen LogP contribution is -2.60. The molecule has 6 N–H and O–H groups in total. The van der Waals surface area contributed by atoms with Gasteiger partial charge in [0.2, 0.25) is 5.91 Å². The molecule has 7 rings (SSSR count). The fourth-order valence-electron chi connectivity index (χ4n) is 9.51. The number of fused-ring (bicyclic) bond motifs is 2. The lowest BCUT2D eigenvalue weighted by molar-refractivity contribution is -0.274. The standard InChI is InChI=1S/C41H50BrN3O11Si/c1-22-37(57(3,4)28-13-11-27(54-2)12-14-28)31(19-32(47)44-16-6-9-26(44)21-46)56-41(22)29-18-24(42)10-15-30(29)45(40(41)53)20-23-7-5-8-25(17-23)43-38(51)36-34(49)33(48)35(50)39(52)55-36/h5,7-8,10-15,17-18,22,26,31,33-37,39,46,48-50,52H,6,9,16,19-21H2,1-4H3,(H,43,51)/t22-,26-,31+,33-,34-,35+,36-,37-,39+,41+/m0/s1. The Hall–Kier alpha value is -3.71. The third-order valence-electron chi connectivity index (χ3n) is 12.5. The maximum Gasteiger partial charge on any atom is 0.264 e. The van der Waals surface area contributed by atoms with E-state index in [-0.39, 0.29) is 48.9 Å². The topological polar surface area (TPSA) is 199 Å². The molecule has 0 unspecified atom stereocenters. The van der Waals surface area contributed by atoms with Crippen molar-refractivity contribution in [2.45, 2.75) is 99.8 Å². The second-order valence-corrected chi connectivity index (χ2v) is 21.7. The van der Waals surface area contributed by atoms with Gasteiger partial charge in [-0.3, -0.25) is 14.4 Å². The quantitative estimate of drug-likeness (QED) is 0.164. The van der Waals surface area contributed by atoms with Gasteiger partial charge in [0, 0.05) is 28.2 Å². The van der Waals surface area contributed by atoms with Crippen LogP contribution in [0.25, 0.3) is 0 Å². The molecule has 3 saturated heterocycles. The zero-order valence-corrected chi connectivity index (χ0v) is 34.8. The van der Waals surface area contributed by atoms with Crippen molar-refractivity contribution in [2.24, 2.45) is 5.92 Å². The average molecular weight is 869 g/mol. The van der Waals surface area contributed by atoms with Gasteiger partial charge < -0.3 is 54.9 Å². The van der Waals surface area contributed by atoms with E-state index in [4.69, 9.17) is 14.2 Å². The summed E-state index contributed by atoms with van der Waals surface area (Å²) in [6.07, 6.45) is -7.92. The van der Waals surface area contributed by atoms with Crippen molar-refractivity contribution >= 4 is 58.3 Å². The second-order valence-electron chi connectivity index (χ2n) is 16.1. The Kier molecular flexibility index (Phi) is 11.7. The predicted molar refractivity (Wildman–Crippen MR) is 215 cm³/mol. The Morgan fingerprint density at radius 2 is 1.75 bits per heavy atom. The third kappa shape index (κ3) is 7.33. The van der Waals surface area contributed by atoms with Crippen molar-refractivity contribution in [3.63, 3.8) is 0 Å². The van der Waals surface area contributed by atoms with Gasteiger partial charge in [0.25, 0.3) is 11.8 Å². The van der Waals surface area contributed by atoms with Crippen molar-refractivity contribution in [3.05, 3.63) is 82.3 Å². The van der Waals surface area contributed by atoms with E-state index in [9.17, 15) is 35.1 Å². The minimum absolute atomic E-state index is 0.0601. The molecule has 14 nitrogen and oxygen atoms in total. The summed E-state index contributed by atoms with van der Waals surface area (Å²) in [7, 11) is -0.925. The molecule has 4 heterocycles. The zero-order valence-electron chi connectivity index (χ0n) is 32.2. The Bertz CT molecular complexity index is 2000. The van der Waals surface area contributed by atoms with Crippen LogP contribution in [0.5, 0.6) is 5.75 Å². The highest BCUT2D eigenvalue weighted by atomic mass is 79.9. The van der Waals surface area contributed by atoms with Crippen LogP contribution in [0.15, 0.2) is 71.2 Å². The van der Waals surface area contributed by atoms with Gasteiger partial charge in [-0.15, -0.1) is 0 Å². The van der Waals surface area contributed by atoms with E-state index < -0.39 is 56.4 Å². The van der Waals surface area contributed by atoms with Crippen LogP contribution in [0.1, 0.15) is 37.3 Å². The van der Waals surface area contributed by atoms with E-state index in [1.165, 1.54) is 0 Å². The minimum Gasteiger partial charge on any atom is -0.497 e. The van der Waals surface area contributed by atoms with E-state index in [1.807, 2.05) is 30.3 Å². The number of carbonyl (C=O) groups excluding carboxylic acids is 3. The van der Waals surface area contributed by atoms with Crippen LogP contribution in [-0.2, 0) is 36.0 Å². The highest BCUT2D eigenvalue weighted by Gasteiger charge is 2.66. The number of hydrogen-bond acceptors (Lipinski definition) is 11. The fraction of sp³-hybridized carbons (Fsp3) is 0.488. The average Bonchev–Trinajstić information content (AvgIpc) is 3.86. The lowest BCUT2D eigenvalue weighted by Gasteiger charge is -2.37. The molecule has 3 aromatic carbocycles. The summed E-state index contributed by atoms with van der Waals surface area (Å²) in [5.74, 6) is -0.862. The van der Waals surface area contributed by atoms with Crippen LogP contribution in [0, 0.1) is 5.92 Å². The predicted octanol–water partition coefficient (Wildman–Crippen LogP) is 2.33. The Morgan fingerprint density at radius 3 is 2.46 bits per heavy atom. The summed E-state index contributed by atoms with van der Waals surface area (Å²) >= 11 is 3.64. The molecule has 0 radical (unpaired) electrons. The Balaban J connectivity index is 1.21. The number of nitrogens with one attached hydrogen (secondary N) is 1. The van der Waals surface area contributed by atoms with Gasteiger partial charge in [0.05, 0.1) is 52.6 Å². The molecule has 0 aromatic heterocycles. The van der Waals surface area contributed by atoms with Gasteiger partial charge in [-0.2, -0.15) is 0 Å². The van der Waals surface area contributed by atoms with Crippen molar-refractivity contribution < 1.29 is 54.1 Å². The molecular weight excluding hydrogens is 818 g/mol. The number of rotatable bonds is 10. The van der Waals surface area contributed by atoms with E-state index in [0.717, 1.165) is 28.3 Å². The first-order chi connectivity index (χ1) is 27.1. The molecule has 4 aliphatic heterocycles. The fourth-order valence-corrected chi connectivity index (χ4v) is 13.9. The molecule has 0 saturated carbocycles. The number of halogens is 1. The van der Waals surface area contributed by atoms with Crippen molar-refractivity contribution in [2.75, 3.05) is 30.5 Å². The van der Waals surface area contributed by atoms with Gasteiger partial charge in [-0.25, -0.2) is 0 Å². The first-order valence-corrected chi connectivity index (χ1v) is 23.1. The number of benzene rings is 3. The van der Waals surface area contributed by atoms with E-state index in [2.05, 4.69) is 53.4 Å². The number of hydrogen-bond donors (Lipinski definition) is 6. The van der Waals surface area contributed by atoms with Gasteiger partial charge in [-0.1, -0.05) is 65.4 Å². The molecule has 4 aliphatic rings. The number of aliphatic hydroxyl groups is 5. The highest BCUT2D eigenvalue weighted by Crippen LogP contribution is 2.60. The number of amides is 3. The minimum atomic E-state index is -2.55. The summed E-state index contributed by atoms with van der Waals surface area (Å²) in [6, 6.07) is 20.2. The molecule has 16 heteroatoms. The summed E-state index contributed by atoms with van der Waals surface area (Å²) < 4.78 is 18.5. The first kappa shape index (κ1) is 41.4. The van der Waals surface area contributed by atoms with Crippen LogP contribution in [0.2, 0.25) is 18.6 Å². The number of carbonyl (C=O) groups is 3. The van der Waals surface area contributed by atoms with Crippen LogP contribution in [0.4, 0.5) is 11.4 Å². The summed E-state index contributed by atoms with van der Waals surface area (Å²) in [5, 5.41) is 54.1. The summed E-state index contributed by atoms with van der Waals surface area (Å²) in [6.45, 7) is 7.10. The zero-order chi connectivity index (χ0) is 41.0. The third-order valence-corrected chi connectivity index (χ3v) is 17.3. The largest absolute Gasteiger partial charge is 0.497 e. The number of ether oxygens (including phenoxy) is 3. The number of nitrogens with zero attached hydrogens (tertiary/aromatic N) is 2. The Labute approximate surface area is 340 Å². The molecule has 0 aliphatic carbocycles. The van der Waals surface area contributed by atoms with E-state index in [0.29, 0.717) is 29.0 Å². The van der Waals surface area contributed by atoms with Crippen molar-refractivity contribution in [1.29, 1.82) is 0 Å². The molecular formula is C41H50BrN3O11Si. The number of aliphatic hydroxyl groups excluding tert-OH is 5. The van der Waals surface area contributed by atoms with Crippen LogP contribution >= 0.6 is 15.9 Å². The van der Waals surface area contributed by atoms with E-state index in [1.54, 1.807) is 41.2 Å². The van der Waals surface area contributed by atoms with Gasteiger partial charge in [0.15, 0.2) is 18.0 Å². The van der Waals surface area contributed by atoms with Gasteiger partial charge in [-0.05, 0) is 66.4 Å². The maximum atomic E-state index is 15.3. The van der Waals surface area contributed by atoms with Gasteiger partial charge in [0.1, 0.15) is 24.1 Å². The Morgan fingerprint density at radius 1 is 1.02 bits per heavy atom. The smallest absolute Gasteiger partial charge is 0.264 e. The highest BCUT2D eigenvalue weighted by molar-refractivity contribution is 9.10. The molecule has 3 amide bonds. The number of anilines is 2. The molecule has 10 atom stereocenters. The molecule has 306 valence electrons. The van der Waals surface area contributed by atoms with E-state index >= 15 is 4.79 Å². The lowest BCUT2D eigenvalue weighted by atomic mass is 9.82.